The highest BCUT2D eigenvalue weighted by Gasteiger charge is 2.27. The van der Waals surface area contributed by atoms with Crippen molar-refractivity contribution in [2.24, 2.45) is 0 Å². The molecule has 3 N–H and O–H groups in total. The van der Waals surface area contributed by atoms with Gasteiger partial charge >= 0.3 is 11.8 Å². The molecule has 3 amide bonds. The van der Waals surface area contributed by atoms with Crippen LogP contribution in [0.15, 0.2) is 48.5 Å². The third kappa shape index (κ3) is 4.57. The molecule has 0 aromatic heterocycles. The molecular weight excluding hydrogens is 368 g/mol. The zero-order valence-corrected chi connectivity index (χ0v) is 15.3. The van der Waals surface area contributed by atoms with Gasteiger partial charge in [-0.1, -0.05) is 17.7 Å². The van der Waals surface area contributed by atoms with Crippen LogP contribution in [0.1, 0.15) is 10.4 Å². The second-order valence-corrected chi connectivity index (χ2v) is 6.60. The molecule has 1 heterocycles. The maximum absolute atomic E-state index is 12.3. The van der Waals surface area contributed by atoms with E-state index in [1.54, 1.807) is 18.2 Å². The number of nitrogens with two attached hydrogens (primary N) is 1. The lowest BCUT2D eigenvalue weighted by atomic mass is 10.2. The number of rotatable bonds is 2. The number of hydrogen-bond donors (Lipinski definition) is 2. The summed E-state index contributed by atoms with van der Waals surface area (Å²) in [7, 11) is 0. The first-order chi connectivity index (χ1) is 12.9. The van der Waals surface area contributed by atoms with Crippen molar-refractivity contribution in [2.45, 2.75) is 0 Å². The summed E-state index contributed by atoms with van der Waals surface area (Å²) in [6.45, 7) is 1.92. The van der Waals surface area contributed by atoms with Crippen LogP contribution in [0.3, 0.4) is 0 Å². The summed E-state index contributed by atoms with van der Waals surface area (Å²) in [5.74, 6) is -2.29. The van der Waals surface area contributed by atoms with Crippen LogP contribution in [0.5, 0.6) is 0 Å². The molecule has 1 saturated heterocycles. The minimum Gasteiger partial charge on any atom is -0.399 e. The van der Waals surface area contributed by atoms with Crippen molar-refractivity contribution in [2.75, 3.05) is 36.8 Å². The Morgan fingerprint density at radius 2 is 1.63 bits per heavy atom. The number of benzene rings is 2. The normalized spacial score (nSPS) is 14.0. The minimum atomic E-state index is -0.937. The van der Waals surface area contributed by atoms with Crippen LogP contribution in [0, 0.1) is 0 Å². The molecule has 7 nitrogen and oxygen atoms in total. The molecular formula is C19H19ClN4O3. The van der Waals surface area contributed by atoms with Crippen LogP contribution in [0.4, 0.5) is 11.4 Å². The van der Waals surface area contributed by atoms with E-state index in [1.165, 1.54) is 17.0 Å². The average Bonchev–Trinajstić information content (AvgIpc) is 2.68. The van der Waals surface area contributed by atoms with Crippen molar-refractivity contribution < 1.29 is 14.4 Å². The number of nitrogens with one attached hydrogen (secondary N) is 1. The van der Waals surface area contributed by atoms with E-state index in [-0.39, 0.29) is 5.56 Å². The quantitative estimate of drug-likeness (QED) is 0.602. The Morgan fingerprint density at radius 1 is 0.963 bits per heavy atom. The van der Waals surface area contributed by atoms with Gasteiger partial charge in [0.15, 0.2) is 0 Å². The van der Waals surface area contributed by atoms with Crippen molar-refractivity contribution in [3.05, 3.63) is 59.1 Å². The van der Waals surface area contributed by atoms with Gasteiger partial charge in [-0.15, -0.1) is 0 Å². The molecule has 0 aliphatic carbocycles. The van der Waals surface area contributed by atoms with E-state index in [4.69, 9.17) is 17.3 Å². The van der Waals surface area contributed by atoms with Gasteiger partial charge in [0, 0.05) is 48.1 Å². The second kappa shape index (κ2) is 8.09. The van der Waals surface area contributed by atoms with Crippen molar-refractivity contribution in [1.82, 2.24) is 10.2 Å². The monoisotopic (exact) mass is 386 g/mol. The molecule has 0 atom stereocenters. The van der Waals surface area contributed by atoms with Gasteiger partial charge in [-0.3, -0.25) is 19.7 Å². The third-order valence-corrected chi connectivity index (χ3v) is 4.57. The number of nitrogen functional groups attached to an aromatic ring is 1. The van der Waals surface area contributed by atoms with Gasteiger partial charge in [-0.05, 0) is 42.5 Å². The minimum absolute atomic E-state index is 0.260. The summed E-state index contributed by atoms with van der Waals surface area (Å²) < 4.78 is 0. The summed E-state index contributed by atoms with van der Waals surface area (Å²) in [5.41, 5.74) is 7.30. The fourth-order valence-corrected chi connectivity index (χ4v) is 3.03. The number of nitrogens with zero attached hydrogens (tertiary/aromatic N) is 2. The van der Waals surface area contributed by atoms with E-state index in [1.807, 2.05) is 18.2 Å². The van der Waals surface area contributed by atoms with Crippen molar-refractivity contribution >= 4 is 40.7 Å². The predicted molar refractivity (Wildman–Crippen MR) is 104 cm³/mol. The molecule has 2 aromatic carbocycles. The molecule has 1 aliphatic rings. The second-order valence-electron chi connectivity index (χ2n) is 6.16. The predicted octanol–water partition coefficient (Wildman–Crippen LogP) is 1.53. The van der Waals surface area contributed by atoms with E-state index >= 15 is 0 Å². The number of carbonyl (C=O) groups excluding carboxylic acids is 3. The summed E-state index contributed by atoms with van der Waals surface area (Å²) in [6, 6.07) is 13.6. The van der Waals surface area contributed by atoms with Crippen molar-refractivity contribution in [3.63, 3.8) is 0 Å². The molecule has 27 heavy (non-hydrogen) atoms. The lowest BCUT2D eigenvalue weighted by molar-refractivity contribution is -0.145. The molecule has 2 aromatic rings. The lowest BCUT2D eigenvalue weighted by Gasteiger charge is -2.35. The highest BCUT2D eigenvalue weighted by Crippen LogP contribution is 2.20. The number of hydrogen-bond acceptors (Lipinski definition) is 5. The van der Waals surface area contributed by atoms with Gasteiger partial charge in [-0.25, -0.2) is 0 Å². The fourth-order valence-electron chi connectivity index (χ4n) is 2.85. The van der Waals surface area contributed by atoms with Crippen LogP contribution >= 0.6 is 11.6 Å². The number of halogens is 1. The van der Waals surface area contributed by atoms with Gasteiger partial charge in [0.25, 0.3) is 5.91 Å². The standard InChI is InChI=1S/C19H19ClN4O3/c20-14-2-1-3-16(12-14)23-8-10-24(11-9-23)19(27)18(26)22-17(25)13-4-6-15(21)7-5-13/h1-7,12H,8-11,21H2,(H,22,25,26). The molecule has 0 unspecified atom stereocenters. The van der Waals surface area contributed by atoms with E-state index in [2.05, 4.69) is 10.2 Å². The van der Waals surface area contributed by atoms with Crippen molar-refractivity contribution in [1.29, 1.82) is 0 Å². The lowest BCUT2D eigenvalue weighted by Crippen LogP contribution is -2.53. The summed E-state index contributed by atoms with van der Waals surface area (Å²) in [5, 5.41) is 2.77. The number of amides is 3. The average molecular weight is 387 g/mol. The van der Waals surface area contributed by atoms with Gasteiger partial charge in [0.2, 0.25) is 0 Å². The van der Waals surface area contributed by atoms with Gasteiger partial charge in [0.05, 0.1) is 0 Å². The Labute approximate surface area is 161 Å². The van der Waals surface area contributed by atoms with E-state index < -0.39 is 17.7 Å². The first-order valence-corrected chi connectivity index (χ1v) is 8.82. The molecule has 1 fully saturated rings. The van der Waals surface area contributed by atoms with E-state index in [0.717, 1.165) is 5.69 Å². The first-order valence-electron chi connectivity index (χ1n) is 8.44. The highest BCUT2D eigenvalue weighted by molar-refractivity contribution is 6.38. The Morgan fingerprint density at radius 3 is 2.26 bits per heavy atom. The topological polar surface area (TPSA) is 95.7 Å². The Balaban J connectivity index is 1.54. The Kier molecular flexibility index (Phi) is 5.61. The molecule has 0 radical (unpaired) electrons. The summed E-state index contributed by atoms with van der Waals surface area (Å²) in [4.78, 5) is 40.0. The highest BCUT2D eigenvalue weighted by atomic mass is 35.5. The van der Waals surface area contributed by atoms with Crippen LogP contribution < -0.4 is 16.0 Å². The maximum Gasteiger partial charge on any atom is 0.316 e. The van der Waals surface area contributed by atoms with Crippen LogP contribution in [0.25, 0.3) is 0 Å². The molecule has 0 bridgehead atoms. The molecule has 1 aliphatic heterocycles. The number of anilines is 2. The Hall–Kier alpha value is -3.06. The van der Waals surface area contributed by atoms with Gasteiger partial charge < -0.3 is 15.5 Å². The largest absolute Gasteiger partial charge is 0.399 e. The third-order valence-electron chi connectivity index (χ3n) is 4.33. The van der Waals surface area contributed by atoms with Crippen molar-refractivity contribution in [3.8, 4) is 0 Å². The molecule has 140 valence electrons. The molecule has 0 spiro atoms. The Bertz CT molecular complexity index is 862. The van der Waals surface area contributed by atoms with Gasteiger partial charge in [0.1, 0.15) is 0 Å². The summed E-state index contributed by atoms with van der Waals surface area (Å²) >= 11 is 6.01. The molecule has 0 saturated carbocycles. The SMILES string of the molecule is Nc1ccc(C(=O)NC(=O)C(=O)N2CCN(c3cccc(Cl)c3)CC2)cc1. The van der Waals surface area contributed by atoms with Crippen LogP contribution in [-0.2, 0) is 9.59 Å². The molecule has 8 heteroatoms. The van der Waals surface area contributed by atoms with E-state index in [0.29, 0.717) is 36.9 Å². The van der Waals surface area contributed by atoms with Gasteiger partial charge in [-0.2, -0.15) is 0 Å². The number of carbonyl (C=O) groups is 3. The zero-order chi connectivity index (χ0) is 19.4. The van der Waals surface area contributed by atoms with Crippen LogP contribution in [-0.4, -0.2) is 48.8 Å². The molecule has 3 rings (SSSR count). The zero-order valence-electron chi connectivity index (χ0n) is 14.5. The smallest absolute Gasteiger partial charge is 0.316 e. The maximum atomic E-state index is 12.3. The number of imide groups is 1. The van der Waals surface area contributed by atoms with Crippen LogP contribution in [0.2, 0.25) is 5.02 Å². The first kappa shape index (κ1) is 18.7. The van der Waals surface area contributed by atoms with E-state index in [9.17, 15) is 14.4 Å². The fraction of sp³-hybridized carbons (Fsp3) is 0.211. The number of piperazine rings is 1. The summed E-state index contributed by atoms with van der Waals surface area (Å²) in [6.07, 6.45) is 0.